The van der Waals surface area contributed by atoms with Crippen LogP contribution in [0, 0.1) is 17.8 Å². The first-order valence-electron chi connectivity index (χ1n) is 22.9. The van der Waals surface area contributed by atoms with Gasteiger partial charge in [-0.25, -0.2) is 0 Å². The molecule has 4 saturated carbocycles. The van der Waals surface area contributed by atoms with Gasteiger partial charge in [-0.15, -0.1) is 0 Å². The van der Waals surface area contributed by atoms with E-state index < -0.39 is 5.41 Å². The third kappa shape index (κ3) is 5.66. The summed E-state index contributed by atoms with van der Waals surface area (Å²) in [6, 6.07) is 71.9. The Labute approximate surface area is 361 Å². The number of rotatable bonds is 8. The summed E-state index contributed by atoms with van der Waals surface area (Å²) in [5.41, 5.74) is 16.9. The highest BCUT2D eigenvalue weighted by Crippen LogP contribution is 2.63. The van der Waals surface area contributed by atoms with E-state index in [1.54, 1.807) is 5.56 Å². The first kappa shape index (κ1) is 36.7. The van der Waals surface area contributed by atoms with Gasteiger partial charge in [0, 0.05) is 16.9 Å². The van der Waals surface area contributed by atoms with E-state index in [-0.39, 0.29) is 5.41 Å². The first-order valence-corrected chi connectivity index (χ1v) is 22.9. The molecule has 1 nitrogen and oxygen atoms in total. The first-order chi connectivity index (χ1) is 30.0. The van der Waals surface area contributed by atoms with Crippen LogP contribution >= 0.6 is 0 Å². The molecule has 0 spiro atoms. The van der Waals surface area contributed by atoms with Gasteiger partial charge in [0.15, 0.2) is 0 Å². The summed E-state index contributed by atoms with van der Waals surface area (Å²) in [7, 11) is 0. The summed E-state index contributed by atoms with van der Waals surface area (Å²) in [5.74, 6) is 2.91. The van der Waals surface area contributed by atoms with Gasteiger partial charge < -0.3 is 4.90 Å². The lowest BCUT2D eigenvalue weighted by atomic mass is 9.48. The Morgan fingerprint density at radius 1 is 0.426 bits per heavy atom. The molecule has 0 aromatic heterocycles. The lowest BCUT2D eigenvalue weighted by Gasteiger charge is -2.57. The molecular formula is C60H53N. The molecule has 5 aliphatic rings. The second-order valence-electron chi connectivity index (χ2n) is 19.3. The van der Waals surface area contributed by atoms with Crippen LogP contribution in [0.15, 0.2) is 188 Å². The SMILES string of the molecule is CC(C)c1ccccc1-c1cc2ccccc2cc1N(c1ccc2c(c1)C(c1ccccc1)(c1ccccc1)c1ccccc1-2)c1ccccc1C12CC3CC(CC(C3)C1)C2. The third-order valence-corrected chi connectivity index (χ3v) is 15.4. The van der Waals surface area contributed by atoms with Gasteiger partial charge in [-0.1, -0.05) is 172 Å². The topological polar surface area (TPSA) is 3.24 Å². The van der Waals surface area contributed by atoms with E-state index in [0.29, 0.717) is 5.92 Å². The van der Waals surface area contributed by atoms with Crippen LogP contribution in [0.25, 0.3) is 33.0 Å². The summed E-state index contributed by atoms with van der Waals surface area (Å²) in [4.78, 5) is 2.71. The summed E-state index contributed by atoms with van der Waals surface area (Å²) >= 11 is 0. The van der Waals surface area contributed by atoms with E-state index in [4.69, 9.17) is 0 Å². The van der Waals surface area contributed by atoms with E-state index in [0.717, 1.165) is 17.8 Å². The van der Waals surface area contributed by atoms with Crippen molar-refractivity contribution in [1.82, 2.24) is 0 Å². The molecule has 298 valence electrons. The van der Waals surface area contributed by atoms with Crippen LogP contribution < -0.4 is 4.90 Å². The van der Waals surface area contributed by atoms with Crippen molar-refractivity contribution in [2.24, 2.45) is 17.8 Å². The van der Waals surface area contributed by atoms with Crippen molar-refractivity contribution in [1.29, 1.82) is 0 Å². The summed E-state index contributed by atoms with van der Waals surface area (Å²) in [6.07, 6.45) is 8.23. The summed E-state index contributed by atoms with van der Waals surface area (Å²) < 4.78 is 0. The molecule has 0 aliphatic heterocycles. The van der Waals surface area contributed by atoms with Crippen LogP contribution in [0.3, 0.4) is 0 Å². The third-order valence-electron chi connectivity index (χ3n) is 15.4. The fourth-order valence-corrected chi connectivity index (χ4v) is 13.4. The van der Waals surface area contributed by atoms with Crippen molar-refractivity contribution >= 4 is 27.8 Å². The molecule has 0 atom stereocenters. The molecule has 4 bridgehead atoms. The lowest BCUT2D eigenvalue weighted by Crippen LogP contribution is -2.48. The number of fused-ring (bicyclic) bond motifs is 4. The largest absolute Gasteiger partial charge is 0.310 e. The van der Waals surface area contributed by atoms with Crippen molar-refractivity contribution in [3.63, 3.8) is 0 Å². The average molecular weight is 788 g/mol. The minimum Gasteiger partial charge on any atom is -0.310 e. The fraction of sp³-hybridized carbons (Fsp3) is 0.233. The van der Waals surface area contributed by atoms with Gasteiger partial charge in [-0.2, -0.15) is 0 Å². The minimum absolute atomic E-state index is 0.196. The lowest BCUT2D eigenvalue weighted by molar-refractivity contribution is -0.00491. The normalized spacial score (nSPS) is 21.7. The van der Waals surface area contributed by atoms with E-state index in [1.165, 1.54) is 116 Å². The van der Waals surface area contributed by atoms with Gasteiger partial charge in [0.2, 0.25) is 0 Å². The Balaban J connectivity index is 1.18. The molecule has 0 saturated heterocycles. The molecule has 0 unspecified atom stereocenters. The molecule has 1 heteroatoms. The molecule has 4 fully saturated rings. The van der Waals surface area contributed by atoms with Crippen LogP contribution in [0.5, 0.6) is 0 Å². The number of hydrogen-bond donors (Lipinski definition) is 0. The Morgan fingerprint density at radius 2 is 0.951 bits per heavy atom. The highest BCUT2D eigenvalue weighted by atomic mass is 15.1. The maximum absolute atomic E-state index is 2.71. The number of para-hydroxylation sites is 1. The number of benzene rings is 8. The highest BCUT2D eigenvalue weighted by molar-refractivity contribution is 6.00. The molecule has 8 aromatic carbocycles. The van der Waals surface area contributed by atoms with Gasteiger partial charge in [-0.05, 0) is 159 Å². The van der Waals surface area contributed by atoms with Crippen LogP contribution in [0.4, 0.5) is 17.1 Å². The predicted molar refractivity (Wildman–Crippen MR) is 255 cm³/mol. The molecule has 0 N–H and O–H groups in total. The number of nitrogens with zero attached hydrogens (tertiary/aromatic N) is 1. The van der Waals surface area contributed by atoms with Crippen LogP contribution in [0.1, 0.15) is 91.7 Å². The molecule has 8 aromatic rings. The molecule has 5 aliphatic carbocycles. The van der Waals surface area contributed by atoms with Crippen molar-refractivity contribution in [2.75, 3.05) is 4.90 Å². The van der Waals surface area contributed by atoms with Crippen molar-refractivity contribution in [3.8, 4) is 22.3 Å². The van der Waals surface area contributed by atoms with Gasteiger partial charge in [0.1, 0.15) is 0 Å². The quantitative estimate of drug-likeness (QED) is 0.148. The Bertz CT molecular complexity index is 2860. The van der Waals surface area contributed by atoms with E-state index >= 15 is 0 Å². The smallest absolute Gasteiger partial charge is 0.0714 e. The molecular weight excluding hydrogens is 735 g/mol. The fourth-order valence-electron chi connectivity index (χ4n) is 13.4. The molecule has 0 heterocycles. The Hall–Kier alpha value is -6.18. The van der Waals surface area contributed by atoms with Crippen molar-refractivity contribution < 1.29 is 0 Å². The van der Waals surface area contributed by atoms with Gasteiger partial charge in [-0.3, -0.25) is 0 Å². The standard InChI is InChI=1S/C60H53N/c1-40(2)49-23-11-12-24-50(49)53-34-44-17-9-10-18-45(44)35-58(53)61(57-28-16-15-27-55(57)59-37-41-31-42(38-59)33-43(32-41)39-59)48-29-30-52-51-25-13-14-26-54(51)60(56(52)36-48,46-19-5-3-6-20-46)47-21-7-4-8-22-47/h3-30,34-36,40-43H,31-33,37-39H2,1-2H3. The average Bonchev–Trinajstić information content (AvgIpc) is 3.59. The number of anilines is 3. The van der Waals surface area contributed by atoms with Gasteiger partial charge >= 0.3 is 0 Å². The van der Waals surface area contributed by atoms with E-state index in [9.17, 15) is 0 Å². The minimum atomic E-state index is -0.494. The van der Waals surface area contributed by atoms with Crippen LogP contribution in [-0.2, 0) is 10.8 Å². The maximum Gasteiger partial charge on any atom is 0.0714 e. The van der Waals surface area contributed by atoms with Crippen molar-refractivity contribution in [2.45, 2.75) is 69.1 Å². The molecule has 61 heavy (non-hydrogen) atoms. The predicted octanol–water partition coefficient (Wildman–Crippen LogP) is 15.9. The zero-order valence-electron chi connectivity index (χ0n) is 35.4. The van der Waals surface area contributed by atoms with Crippen molar-refractivity contribution in [3.05, 3.63) is 221 Å². The molecule has 13 rings (SSSR count). The monoisotopic (exact) mass is 787 g/mol. The van der Waals surface area contributed by atoms with Gasteiger partial charge in [0.05, 0.1) is 11.1 Å². The Morgan fingerprint density at radius 3 is 1.61 bits per heavy atom. The maximum atomic E-state index is 2.71. The zero-order chi connectivity index (χ0) is 40.7. The molecule has 0 radical (unpaired) electrons. The summed E-state index contributed by atoms with van der Waals surface area (Å²) in [6.45, 7) is 4.68. The molecule has 0 amide bonds. The number of hydrogen-bond acceptors (Lipinski definition) is 1. The second-order valence-corrected chi connectivity index (χ2v) is 19.3. The van der Waals surface area contributed by atoms with Crippen LogP contribution in [0.2, 0.25) is 0 Å². The Kier molecular flexibility index (Phi) is 8.53. The zero-order valence-corrected chi connectivity index (χ0v) is 35.4. The highest BCUT2D eigenvalue weighted by Gasteiger charge is 2.53. The van der Waals surface area contributed by atoms with Gasteiger partial charge in [0.25, 0.3) is 0 Å². The summed E-state index contributed by atoms with van der Waals surface area (Å²) in [5, 5.41) is 2.53. The second kappa shape index (κ2) is 14.2. The van der Waals surface area contributed by atoms with E-state index in [2.05, 4.69) is 207 Å². The van der Waals surface area contributed by atoms with E-state index in [1.807, 2.05) is 0 Å². The van der Waals surface area contributed by atoms with Crippen LogP contribution in [-0.4, -0.2) is 0 Å².